The first-order chi connectivity index (χ1) is 24.5. The van der Waals surface area contributed by atoms with Gasteiger partial charge in [0.1, 0.15) is 5.75 Å². The van der Waals surface area contributed by atoms with Crippen LogP contribution in [0.15, 0.2) is 96.4 Å². The first kappa shape index (κ1) is 35.6. The number of nitrogens with one attached hydrogen (secondary N) is 1. The SMILES string of the molecule is COc1ccc(C=CC(=O)N(CCc2cccs2)Cc2cccc(-c3cccc(C(=O)N4CCC(CCCC5CCNCC5)CC4)c3)c2)cc1. The highest BCUT2D eigenvalue weighted by Gasteiger charge is 2.24. The monoisotopic (exact) mass is 689 g/mol. The average molecular weight is 690 g/mol. The number of rotatable bonds is 14. The van der Waals surface area contributed by atoms with E-state index in [9.17, 15) is 9.59 Å². The van der Waals surface area contributed by atoms with Crippen LogP contribution in [-0.4, -0.2) is 61.4 Å². The minimum Gasteiger partial charge on any atom is -0.497 e. The molecule has 6 rings (SSSR count). The predicted octanol–water partition coefficient (Wildman–Crippen LogP) is 8.73. The van der Waals surface area contributed by atoms with Gasteiger partial charge < -0.3 is 19.9 Å². The van der Waals surface area contributed by atoms with E-state index in [2.05, 4.69) is 52.0 Å². The van der Waals surface area contributed by atoms with Gasteiger partial charge in [0.05, 0.1) is 7.11 Å². The van der Waals surface area contributed by atoms with Gasteiger partial charge in [-0.15, -0.1) is 11.3 Å². The van der Waals surface area contributed by atoms with Gasteiger partial charge in [-0.1, -0.05) is 67.8 Å². The molecule has 4 aromatic rings. The maximum Gasteiger partial charge on any atom is 0.253 e. The van der Waals surface area contributed by atoms with E-state index in [0.717, 1.165) is 77.8 Å². The summed E-state index contributed by atoms with van der Waals surface area (Å²) in [5.41, 5.74) is 4.80. The molecule has 0 atom stereocenters. The van der Waals surface area contributed by atoms with Crippen LogP contribution in [0.3, 0.4) is 0 Å². The lowest BCUT2D eigenvalue weighted by Gasteiger charge is -2.32. The molecule has 3 aromatic carbocycles. The Bertz CT molecular complexity index is 1690. The van der Waals surface area contributed by atoms with E-state index in [1.54, 1.807) is 24.5 Å². The van der Waals surface area contributed by atoms with Crippen molar-refractivity contribution in [3.05, 3.63) is 118 Å². The van der Waals surface area contributed by atoms with E-state index in [1.165, 1.54) is 50.1 Å². The summed E-state index contributed by atoms with van der Waals surface area (Å²) in [6.45, 7) is 5.17. The van der Waals surface area contributed by atoms with E-state index in [-0.39, 0.29) is 11.8 Å². The van der Waals surface area contributed by atoms with Crippen molar-refractivity contribution in [2.45, 2.75) is 57.9 Å². The zero-order valence-corrected chi connectivity index (χ0v) is 30.2. The zero-order valence-electron chi connectivity index (χ0n) is 29.4. The van der Waals surface area contributed by atoms with Crippen LogP contribution in [0.2, 0.25) is 0 Å². The summed E-state index contributed by atoms with van der Waals surface area (Å²) in [5.74, 6) is 2.53. The Kier molecular flexibility index (Phi) is 12.9. The van der Waals surface area contributed by atoms with E-state index in [0.29, 0.717) is 13.1 Å². The van der Waals surface area contributed by atoms with Crippen molar-refractivity contribution in [3.63, 3.8) is 0 Å². The number of carbonyl (C=O) groups excluding carboxylic acids is 2. The summed E-state index contributed by atoms with van der Waals surface area (Å²) >= 11 is 1.72. The maximum atomic E-state index is 13.6. The molecule has 2 fully saturated rings. The molecule has 6 nitrogen and oxygen atoms in total. The number of ether oxygens (including phenoxy) is 1. The third kappa shape index (κ3) is 10.2. The van der Waals surface area contributed by atoms with E-state index in [4.69, 9.17) is 4.74 Å². The normalized spacial score (nSPS) is 15.7. The van der Waals surface area contributed by atoms with Crippen LogP contribution in [0, 0.1) is 11.8 Å². The molecule has 1 N–H and O–H groups in total. The highest BCUT2D eigenvalue weighted by molar-refractivity contribution is 7.09. The van der Waals surface area contributed by atoms with Gasteiger partial charge in [-0.3, -0.25) is 9.59 Å². The predicted molar refractivity (Wildman–Crippen MR) is 205 cm³/mol. The molecular weight excluding hydrogens is 639 g/mol. The van der Waals surface area contributed by atoms with Gasteiger partial charge in [-0.05, 0) is 127 Å². The second kappa shape index (κ2) is 18.2. The third-order valence-corrected chi connectivity index (χ3v) is 11.3. The fourth-order valence-electron chi connectivity index (χ4n) is 7.33. The topological polar surface area (TPSA) is 61.9 Å². The molecule has 0 saturated carbocycles. The third-order valence-electron chi connectivity index (χ3n) is 10.4. The van der Waals surface area contributed by atoms with Crippen LogP contribution in [0.5, 0.6) is 5.75 Å². The molecule has 2 aliphatic heterocycles. The van der Waals surface area contributed by atoms with E-state index >= 15 is 0 Å². The molecular formula is C43H51N3O3S. The number of amides is 2. The maximum absolute atomic E-state index is 13.6. The number of piperidine rings is 2. The number of likely N-dealkylation sites (tertiary alicyclic amines) is 1. The molecule has 1 aromatic heterocycles. The minimum absolute atomic E-state index is 0.0269. The molecule has 0 spiro atoms. The van der Waals surface area contributed by atoms with Crippen LogP contribution < -0.4 is 10.1 Å². The summed E-state index contributed by atoms with van der Waals surface area (Å²) in [6, 6.07) is 28.3. The number of nitrogens with zero attached hydrogens (tertiary/aromatic N) is 2. The summed E-state index contributed by atoms with van der Waals surface area (Å²) in [6.07, 6.45) is 13.2. The summed E-state index contributed by atoms with van der Waals surface area (Å²) < 4.78 is 5.26. The second-order valence-electron chi connectivity index (χ2n) is 13.8. The average Bonchev–Trinajstić information content (AvgIpc) is 3.70. The largest absolute Gasteiger partial charge is 0.497 e. The molecule has 262 valence electrons. The van der Waals surface area contributed by atoms with Crippen LogP contribution in [-0.2, 0) is 17.8 Å². The Labute approximate surface area is 302 Å². The Morgan fingerprint density at radius 3 is 2.32 bits per heavy atom. The van der Waals surface area contributed by atoms with Crippen molar-refractivity contribution in [3.8, 4) is 16.9 Å². The number of hydrogen-bond donors (Lipinski definition) is 1. The molecule has 7 heteroatoms. The van der Waals surface area contributed by atoms with Crippen LogP contribution in [0.1, 0.15) is 71.3 Å². The smallest absolute Gasteiger partial charge is 0.253 e. The van der Waals surface area contributed by atoms with Gasteiger partial charge >= 0.3 is 0 Å². The summed E-state index contributed by atoms with van der Waals surface area (Å²) in [4.78, 5) is 32.4. The lowest BCUT2D eigenvalue weighted by molar-refractivity contribution is -0.126. The van der Waals surface area contributed by atoms with Crippen LogP contribution in [0.25, 0.3) is 17.2 Å². The van der Waals surface area contributed by atoms with E-state index < -0.39 is 0 Å². The number of methoxy groups -OCH3 is 1. The number of benzene rings is 3. The van der Waals surface area contributed by atoms with E-state index in [1.807, 2.05) is 59.5 Å². The van der Waals surface area contributed by atoms with Gasteiger partial charge in [0, 0.05) is 42.7 Å². The van der Waals surface area contributed by atoms with Gasteiger partial charge in [0.2, 0.25) is 5.91 Å². The number of carbonyl (C=O) groups is 2. The van der Waals surface area contributed by atoms with Gasteiger partial charge in [-0.2, -0.15) is 0 Å². The number of hydrogen-bond acceptors (Lipinski definition) is 5. The minimum atomic E-state index is -0.0269. The van der Waals surface area contributed by atoms with Crippen LogP contribution >= 0.6 is 11.3 Å². The zero-order chi connectivity index (χ0) is 34.5. The van der Waals surface area contributed by atoms with Crippen molar-refractivity contribution in [2.24, 2.45) is 11.8 Å². The van der Waals surface area contributed by atoms with Crippen molar-refractivity contribution in [2.75, 3.05) is 39.8 Å². The van der Waals surface area contributed by atoms with Gasteiger partial charge in [-0.25, -0.2) is 0 Å². The van der Waals surface area contributed by atoms with Gasteiger partial charge in [0.15, 0.2) is 0 Å². The molecule has 2 aliphatic rings. The Balaban J connectivity index is 1.07. The van der Waals surface area contributed by atoms with Crippen molar-refractivity contribution in [1.29, 1.82) is 0 Å². The summed E-state index contributed by atoms with van der Waals surface area (Å²) in [5, 5.41) is 5.55. The standard InChI is InChI=1S/C43H51N3O3S/c1-49-40-16-13-35(14-17-40)15-18-42(47)46(28-23-41-12-5-29-50-41)32-36-8-3-9-37(30-36)38-10-4-11-39(31-38)43(48)45-26-21-34(22-27-45)7-2-6-33-19-24-44-25-20-33/h3-5,8-18,29-31,33-34,44H,2,6-7,19-28,32H2,1H3. The Hall–Kier alpha value is -4.20. The van der Waals surface area contributed by atoms with Crippen molar-refractivity contribution < 1.29 is 14.3 Å². The van der Waals surface area contributed by atoms with Crippen molar-refractivity contribution in [1.82, 2.24) is 15.1 Å². The fourth-order valence-corrected chi connectivity index (χ4v) is 8.03. The molecule has 2 amide bonds. The molecule has 0 unspecified atom stereocenters. The fraction of sp³-hybridized carbons (Fsp3) is 0.395. The number of thiophene rings is 1. The highest BCUT2D eigenvalue weighted by atomic mass is 32.1. The molecule has 50 heavy (non-hydrogen) atoms. The quantitative estimate of drug-likeness (QED) is 0.135. The lowest BCUT2D eigenvalue weighted by Crippen LogP contribution is -2.38. The molecule has 3 heterocycles. The second-order valence-corrected chi connectivity index (χ2v) is 14.9. The molecule has 0 radical (unpaired) electrons. The van der Waals surface area contributed by atoms with Gasteiger partial charge in [0.25, 0.3) is 5.91 Å². The first-order valence-corrected chi connectivity index (χ1v) is 19.2. The summed E-state index contributed by atoms with van der Waals surface area (Å²) in [7, 11) is 1.65. The Morgan fingerprint density at radius 1 is 0.880 bits per heavy atom. The molecule has 0 bridgehead atoms. The first-order valence-electron chi connectivity index (χ1n) is 18.4. The Morgan fingerprint density at radius 2 is 1.60 bits per heavy atom. The van der Waals surface area contributed by atoms with Crippen LogP contribution in [0.4, 0.5) is 0 Å². The highest BCUT2D eigenvalue weighted by Crippen LogP contribution is 2.28. The molecule has 0 aliphatic carbocycles. The molecule has 2 saturated heterocycles. The lowest BCUT2D eigenvalue weighted by atomic mass is 9.87. The van der Waals surface area contributed by atoms with Crippen molar-refractivity contribution >= 4 is 29.2 Å².